The van der Waals surface area contributed by atoms with Crippen LogP contribution in [0.25, 0.3) is 10.6 Å². The largest absolute Gasteiger partial charge is 0.383 e. The molecule has 3 aromatic rings. The minimum absolute atomic E-state index is 0.0420. The van der Waals surface area contributed by atoms with Gasteiger partial charge in [-0.3, -0.25) is 9.59 Å². The summed E-state index contributed by atoms with van der Waals surface area (Å²) in [6.45, 7) is 0. The average molecular weight is 350 g/mol. The maximum Gasteiger partial charge on any atom is 0.383 e. The number of nitrogens with zero attached hydrogens (tertiary/aromatic N) is 2. The van der Waals surface area contributed by atoms with Gasteiger partial charge in [0.2, 0.25) is 0 Å². The second-order valence-electron chi connectivity index (χ2n) is 5.23. The quantitative estimate of drug-likeness (QED) is 0.678. The summed E-state index contributed by atoms with van der Waals surface area (Å²) in [6.07, 6.45) is 0. The van der Waals surface area contributed by atoms with Crippen LogP contribution in [0, 0.1) is 0 Å². The molecular weight excluding hydrogens is 340 g/mol. The molecule has 2 aromatic carbocycles. The van der Waals surface area contributed by atoms with Crippen molar-refractivity contribution in [1.82, 2.24) is 10.0 Å². The topological polar surface area (TPSA) is 76.6 Å². The summed E-state index contributed by atoms with van der Waals surface area (Å²) < 4.78 is 0. The zero-order chi connectivity index (χ0) is 17.4. The Morgan fingerprint density at radius 3 is 2.16 bits per heavy atom. The van der Waals surface area contributed by atoms with Gasteiger partial charge in [-0.05, 0) is 12.1 Å². The fourth-order valence-corrected chi connectivity index (χ4v) is 3.26. The summed E-state index contributed by atoms with van der Waals surface area (Å²) in [4.78, 5) is 45.9. The number of hydrogen-bond donors (Lipinski definition) is 0. The lowest BCUT2D eigenvalue weighted by Gasteiger charge is -2.11. The summed E-state index contributed by atoms with van der Waals surface area (Å²) in [5, 5.41) is 2.66. The monoisotopic (exact) mass is 350 g/mol. The average Bonchev–Trinajstić information content (AvgIpc) is 3.23. The van der Waals surface area contributed by atoms with E-state index >= 15 is 0 Å². The van der Waals surface area contributed by atoms with Crippen LogP contribution in [0.3, 0.4) is 0 Å². The maximum atomic E-state index is 12.3. The van der Waals surface area contributed by atoms with Gasteiger partial charge in [0.1, 0.15) is 5.01 Å². The fraction of sp³-hybridized carbons (Fsp3) is 0. The fourth-order valence-electron chi connectivity index (χ4n) is 2.46. The number of benzene rings is 2. The molecule has 7 heteroatoms. The van der Waals surface area contributed by atoms with Crippen LogP contribution in [-0.4, -0.2) is 27.8 Å². The van der Waals surface area contributed by atoms with Gasteiger partial charge in [-0.15, -0.1) is 11.3 Å². The lowest BCUT2D eigenvalue weighted by Crippen LogP contribution is -2.32. The zero-order valence-corrected chi connectivity index (χ0v) is 13.5. The number of aromatic nitrogens is 1. The van der Waals surface area contributed by atoms with Gasteiger partial charge < -0.3 is 4.84 Å². The molecule has 4 rings (SSSR count). The highest BCUT2D eigenvalue weighted by atomic mass is 32.1. The molecule has 25 heavy (non-hydrogen) atoms. The van der Waals surface area contributed by atoms with E-state index in [1.165, 1.54) is 28.8 Å². The molecule has 0 atom stereocenters. The minimum atomic E-state index is -0.854. The van der Waals surface area contributed by atoms with Crippen LogP contribution in [0.2, 0.25) is 0 Å². The van der Waals surface area contributed by atoms with E-state index in [4.69, 9.17) is 4.84 Å². The number of imide groups is 1. The normalized spacial score (nSPS) is 13.0. The summed E-state index contributed by atoms with van der Waals surface area (Å²) in [6, 6.07) is 15.7. The number of rotatable bonds is 3. The molecule has 0 unspecified atom stereocenters. The Kier molecular flexibility index (Phi) is 3.62. The van der Waals surface area contributed by atoms with Crippen molar-refractivity contribution < 1.29 is 19.2 Å². The molecule has 1 aliphatic rings. The zero-order valence-electron chi connectivity index (χ0n) is 12.7. The Balaban J connectivity index is 1.55. The van der Waals surface area contributed by atoms with Crippen LogP contribution in [0.15, 0.2) is 60.0 Å². The summed E-state index contributed by atoms with van der Waals surface area (Å²) in [7, 11) is 0. The van der Waals surface area contributed by atoms with Gasteiger partial charge >= 0.3 is 5.97 Å². The Hall–Kier alpha value is -3.32. The third kappa shape index (κ3) is 2.60. The second kappa shape index (κ2) is 5.95. The predicted molar refractivity (Wildman–Crippen MR) is 89.9 cm³/mol. The van der Waals surface area contributed by atoms with Gasteiger partial charge in [0, 0.05) is 10.9 Å². The first-order valence-electron chi connectivity index (χ1n) is 7.36. The van der Waals surface area contributed by atoms with Crippen LogP contribution < -0.4 is 0 Å². The lowest BCUT2D eigenvalue weighted by atomic mass is 10.1. The van der Waals surface area contributed by atoms with E-state index in [0.29, 0.717) is 10.1 Å². The molecule has 0 radical (unpaired) electrons. The molecule has 0 saturated heterocycles. The van der Waals surface area contributed by atoms with Crippen molar-refractivity contribution in [2.75, 3.05) is 0 Å². The van der Waals surface area contributed by atoms with Crippen molar-refractivity contribution >= 4 is 29.1 Å². The molecule has 2 amide bonds. The third-order valence-corrected chi connectivity index (χ3v) is 4.56. The Morgan fingerprint density at radius 1 is 0.920 bits per heavy atom. The molecule has 6 nitrogen and oxygen atoms in total. The van der Waals surface area contributed by atoms with E-state index in [1.54, 1.807) is 12.1 Å². The van der Waals surface area contributed by atoms with Crippen molar-refractivity contribution in [2.24, 2.45) is 0 Å². The number of hydrogen-bond acceptors (Lipinski definition) is 6. The number of carbonyl (C=O) groups is 3. The third-order valence-electron chi connectivity index (χ3n) is 3.67. The van der Waals surface area contributed by atoms with E-state index in [1.807, 2.05) is 30.3 Å². The molecule has 122 valence electrons. The molecule has 0 saturated carbocycles. The molecule has 0 bridgehead atoms. The van der Waals surface area contributed by atoms with Gasteiger partial charge in [-0.25, -0.2) is 9.78 Å². The second-order valence-corrected chi connectivity index (χ2v) is 6.09. The lowest BCUT2D eigenvalue weighted by molar-refractivity contribution is -0.0587. The first-order valence-corrected chi connectivity index (χ1v) is 8.24. The molecule has 1 aliphatic heterocycles. The standard InChI is InChI=1S/C18H10N2O4S/c21-16-12-8-4-5-9-13(12)17(22)20(16)24-18(23)14-10-25-15(19-14)11-6-2-1-3-7-11/h1-10H. The smallest absolute Gasteiger partial charge is 0.322 e. The highest BCUT2D eigenvalue weighted by Crippen LogP contribution is 2.26. The molecular formula is C18H10N2O4S. The Labute approximate surface area is 146 Å². The molecule has 0 aliphatic carbocycles. The van der Waals surface area contributed by atoms with Crippen LogP contribution in [-0.2, 0) is 4.84 Å². The van der Waals surface area contributed by atoms with Crippen molar-refractivity contribution in [2.45, 2.75) is 0 Å². The van der Waals surface area contributed by atoms with Crippen molar-refractivity contribution in [3.05, 3.63) is 76.8 Å². The molecule has 2 heterocycles. The highest BCUT2D eigenvalue weighted by molar-refractivity contribution is 7.13. The predicted octanol–water partition coefficient (Wildman–Crippen LogP) is 3.18. The maximum absolute atomic E-state index is 12.3. The van der Waals surface area contributed by atoms with E-state index in [-0.39, 0.29) is 16.8 Å². The first-order chi connectivity index (χ1) is 12.1. The van der Waals surface area contributed by atoms with Gasteiger partial charge in [-0.1, -0.05) is 47.5 Å². The number of carbonyl (C=O) groups excluding carboxylic acids is 3. The van der Waals surface area contributed by atoms with E-state index in [9.17, 15) is 14.4 Å². The van der Waals surface area contributed by atoms with Crippen molar-refractivity contribution in [3.63, 3.8) is 0 Å². The number of fused-ring (bicyclic) bond motifs is 1. The molecule has 1 aromatic heterocycles. The first kappa shape index (κ1) is 15.2. The van der Waals surface area contributed by atoms with Gasteiger partial charge in [0.25, 0.3) is 11.8 Å². The molecule has 0 spiro atoms. The van der Waals surface area contributed by atoms with Gasteiger partial charge in [0.05, 0.1) is 11.1 Å². The van der Waals surface area contributed by atoms with Crippen LogP contribution in [0.5, 0.6) is 0 Å². The van der Waals surface area contributed by atoms with Crippen LogP contribution in [0.4, 0.5) is 0 Å². The number of hydroxylamine groups is 2. The van der Waals surface area contributed by atoms with Gasteiger partial charge in [0.15, 0.2) is 5.69 Å². The summed E-state index contributed by atoms with van der Waals surface area (Å²) in [5.74, 6) is -2.17. The molecule has 0 fully saturated rings. The van der Waals surface area contributed by atoms with Crippen molar-refractivity contribution in [3.8, 4) is 10.6 Å². The SMILES string of the molecule is O=C(ON1C(=O)c2ccccc2C1=O)c1csc(-c2ccccc2)n1. The number of amides is 2. The summed E-state index contributed by atoms with van der Waals surface area (Å²) >= 11 is 1.28. The highest BCUT2D eigenvalue weighted by Gasteiger charge is 2.39. The van der Waals surface area contributed by atoms with Crippen molar-refractivity contribution in [1.29, 1.82) is 0 Å². The minimum Gasteiger partial charge on any atom is -0.322 e. The van der Waals surface area contributed by atoms with Crippen LogP contribution in [0.1, 0.15) is 31.2 Å². The van der Waals surface area contributed by atoms with E-state index in [0.717, 1.165) is 5.56 Å². The number of thiazole rings is 1. The van der Waals surface area contributed by atoms with Crippen LogP contribution >= 0.6 is 11.3 Å². The van der Waals surface area contributed by atoms with Gasteiger partial charge in [-0.2, -0.15) is 0 Å². The summed E-state index contributed by atoms with van der Waals surface area (Å²) in [5.41, 5.74) is 1.33. The Bertz CT molecular complexity index is 962. The van der Waals surface area contributed by atoms with E-state index in [2.05, 4.69) is 4.98 Å². The van der Waals surface area contributed by atoms with E-state index < -0.39 is 17.8 Å². The Morgan fingerprint density at radius 2 is 1.52 bits per heavy atom. The molecule has 0 N–H and O–H groups in total.